The molecule has 1 aromatic heterocycles. The molecule has 0 aliphatic carbocycles. The Kier molecular flexibility index (Phi) is 4.21. The first-order valence-corrected chi connectivity index (χ1v) is 5.05. The number of halogens is 3. The lowest BCUT2D eigenvalue weighted by molar-refractivity contribution is 0.480. The molecule has 0 radical (unpaired) electrons. The summed E-state index contributed by atoms with van der Waals surface area (Å²) in [4.78, 5) is 4.17. The zero-order valence-electron chi connectivity index (χ0n) is 8.08. The van der Waals surface area contributed by atoms with Gasteiger partial charge in [-0.25, -0.2) is 4.98 Å². The molecule has 0 amide bonds. The average molecular weight is 280 g/mol. The van der Waals surface area contributed by atoms with Gasteiger partial charge in [0.2, 0.25) is 0 Å². The minimum atomic E-state index is -0.0635. The Labute approximate surface area is 109 Å². The van der Waals surface area contributed by atoms with Crippen molar-refractivity contribution in [2.45, 2.75) is 6.54 Å². The summed E-state index contributed by atoms with van der Waals surface area (Å²) in [6, 6.07) is 5.02. The van der Waals surface area contributed by atoms with Crippen molar-refractivity contribution in [2.75, 3.05) is 0 Å². The van der Waals surface area contributed by atoms with E-state index in [-0.39, 0.29) is 23.2 Å². The summed E-state index contributed by atoms with van der Waals surface area (Å²) >= 11 is 11.7. The van der Waals surface area contributed by atoms with Crippen LogP contribution in [0.1, 0.15) is 5.69 Å². The molecule has 3 nitrogen and oxygen atoms in total. The highest BCUT2D eigenvalue weighted by Gasteiger charge is 2.10. The molecule has 86 valence electrons. The zero-order chi connectivity index (χ0) is 11.0. The van der Waals surface area contributed by atoms with E-state index in [0.717, 1.165) is 0 Å². The molecule has 0 saturated carbocycles. The molecule has 0 spiro atoms. The van der Waals surface area contributed by atoms with Gasteiger partial charge in [-0.3, -0.25) is 0 Å². The number of pyridine rings is 1. The van der Waals surface area contributed by atoms with Gasteiger partial charge in [-0.15, -0.1) is 12.4 Å². The van der Waals surface area contributed by atoms with Crippen molar-refractivity contribution in [3.05, 3.63) is 33.9 Å². The molecule has 3 N–H and O–H groups in total. The smallest absolute Gasteiger partial charge is 0.160 e. The van der Waals surface area contributed by atoms with Gasteiger partial charge in [0.15, 0.2) is 5.75 Å². The van der Waals surface area contributed by atoms with Crippen LogP contribution in [0.4, 0.5) is 0 Å². The molecule has 1 aromatic carbocycles. The SMILES string of the molecule is Cl.NCc1ccc2c(Cl)cc(Cl)c(O)c2n1. The maximum Gasteiger partial charge on any atom is 0.160 e. The normalized spacial score (nSPS) is 10.2. The molecule has 0 saturated heterocycles. The van der Waals surface area contributed by atoms with E-state index < -0.39 is 0 Å². The van der Waals surface area contributed by atoms with Crippen molar-refractivity contribution >= 4 is 46.5 Å². The van der Waals surface area contributed by atoms with E-state index in [1.54, 1.807) is 12.1 Å². The van der Waals surface area contributed by atoms with Crippen LogP contribution in [0, 0.1) is 0 Å². The van der Waals surface area contributed by atoms with Crippen LogP contribution < -0.4 is 5.73 Å². The third-order valence-corrected chi connectivity index (χ3v) is 2.72. The molecular formula is C10H9Cl3N2O. The number of aromatic nitrogens is 1. The number of nitrogens with zero attached hydrogens (tertiary/aromatic N) is 1. The summed E-state index contributed by atoms with van der Waals surface area (Å²) in [7, 11) is 0. The Morgan fingerprint density at radius 3 is 2.56 bits per heavy atom. The van der Waals surface area contributed by atoms with Crippen molar-refractivity contribution in [3.8, 4) is 5.75 Å². The fraction of sp³-hybridized carbons (Fsp3) is 0.100. The molecule has 2 aromatic rings. The fourth-order valence-electron chi connectivity index (χ4n) is 1.36. The molecule has 0 unspecified atom stereocenters. The number of rotatable bonds is 1. The number of aromatic hydroxyl groups is 1. The third kappa shape index (κ3) is 2.18. The van der Waals surface area contributed by atoms with Gasteiger partial charge in [0.05, 0.1) is 15.7 Å². The maximum atomic E-state index is 9.71. The number of hydrogen-bond acceptors (Lipinski definition) is 3. The Bertz CT molecular complexity index is 531. The third-order valence-electron chi connectivity index (χ3n) is 2.12. The van der Waals surface area contributed by atoms with Crippen molar-refractivity contribution in [1.82, 2.24) is 4.98 Å². The van der Waals surface area contributed by atoms with E-state index in [9.17, 15) is 5.11 Å². The standard InChI is InChI=1S/C10H8Cl2N2O.ClH/c11-7-3-8(12)10(15)9-6(7)2-1-5(4-13)14-9;/h1-3,15H,4,13H2;1H. The number of nitrogens with two attached hydrogens (primary N) is 1. The van der Waals surface area contributed by atoms with Gasteiger partial charge in [-0.05, 0) is 18.2 Å². The highest BCUT2D eigenvalue weighted by Crippen LogP contribution is 2.35. The number of benzene rings is 1. The maximum absolute atomic E-state index is 9.71. The molecule has 1 heterocycles. The number of hydrogen-bond donors (Lipinski definition) is 2. The van der Waals surface area contributed by atoms with Crippen LogP contribution in [0.15, 0.2) is 18.2 Å². The molecule has 0 fully saturated rings. The topological polar surface area (TPSA) is 59.1 Å². The Balaban J connectivity index is 0.00000128. The number of fused-ring (bicyclic) bond motifs is 1. The second-order valence-corrected chi connectivity index (χ2v) is 3.91. The Morgan fingerprint density at radius 2 is 1.94 bits per heavy atom. The minimum absolute atomic E-state index is 0. The monoisotopic (exact) mass is 278 g/mol. The second kappa shape index (κ2) is 5.06. The summed E-state index contributed by atoms with van der Waals surface area (Å²) in [6.45, 7) is 0.305. The van der Waals surface area contributed by atoms with E-state index in [1.807, 2.05) is 0 Å². The average Bonchev–Trinajstić information content (AvgIpc) is 2.25. The summed E-state index contributed by atoms with van der Waals surface area (Å²) < 4.78 is 0. The van der Waals surface area contributed by atoms with Crippen molar-refractivity contribution in [2.24, 2.45) is 5.73 Å². The van der Waals surface area contributed by atoms with Crippen molar-refractivity contribution in [3.63, 3.8) is 0 Å². The van der Waals surface area contributed by atoms with Gasteiger partial charge in [0, 0.05) is 11.9 Å². The number of phenols is 1. The first-order valence-electron chi connectivity index (χ1n) is 4.30. The largest absolute Gasteiger partial charge is 0.504 e. The fourth-order valence-corrected chi connectivity index (χ4v) is 1.87. The molecule has 0 bridgehead atoms. The lowest BCUT2D eigenvalue weighted by atomic mass is 10.2. The van der Waals surface area contributed by atoms with Gasteiger partial charge in [-0.1, -0.05) is 23.2 Å². The zero-order valence-corrected chi connectivity index (χ0v) is 10.4. The summed E-state index contributed by atoms with van der Waals surface area (Å²) in [5.74, 6) is -0.0635. The minimum Gasteiger partial charge on any atom is -0.504 e. The van der Waals surface area contributed by atoms with Gasteiger partial charge >= 0.3 is 0 Å². The first kappa shape index (κ1) is 13.3. The first-order chi connectivity index (χ1) is 7.13. The molecule has 6 heteroatoms. The quantitative estimate of drug-likeness (QED) is 0.843. The predicted octanol–water partition coefficient (Wildman–Crippen LogP) is 3.13. The highest BCUT2D eigenvalue weighted by molar-refractivity contribution is 6.39. The molecule has 2 rings (SSSR count). The van der Waals surface area contributed by atoms with E-state index >= 15 is 0 Å². The summed E-state index contributed by atoms with van der Waals surface area (Å²) in [6.07, 6.45) is 0. The van der Waals surface area contributed by atoms with Crippen molar-refractivity contribution < 1.29 is 5.11 Å². The van der Waals surface area contributed by atoms with Gasteiger partial charge in [0.25, 0.3) is 0 Å². The van der Waals surface area contributed by atoms with Crippen LogP contribution in [-0.2, 0) is 6.54 Å². The molecule has 0 atom stereocenters. The van der Waals surface area contributed by atoms with Crippen LogP contribution in [0.2, 0.25) is 10.0 Å². The van der Waals surface area contributed by atoms with Gasteiger partial charge < -0.3 is 10.8 Å². The van der Waals surface area contributed by atoms with E-state index in [0.29, 0.717) is 28.2 Å². The lowest BCUT2D eigenvalue weighted by Crippen LogP contribution is -1.99. The molecule has 0 aliphatic heterocycles. The number of phenolic OH excluding ortho intramolecular Hbond substituents is 1. The van der Waals surface area contributed by atoms with Crippen LogP contribution in [0.25, 0.3) is 10.9 Å². The Hall–Kier alpha value is -0.740. The van der Waals surface area contributed by atoms with Gasteiger partial charge in [-0.2, -0.15) is 0 Å². The van der Waals surface area contributed by atoms with Gasteiger partial charge in [0.1, 0.15) is 5.52 Å². The van der Waals surface area contributed by atoms with E-state index in [2.05, 4.69) is 4.98 Å². The summed E-state index contributed by atoms with van der Waals surface area (Å²) in [5, 5.41) is 11.0. The highest BCUT2D eigenvalue weighted by atomic mass is 35.5. The molecule has 0 aliphatic rings. The summed E-state index contributed by atoms with van der Waals surface area (Å²) in [5.41, 5.74) is 6.52. The second-order valence-electron chi connectivity index (χ2n) is 3.09. The van der Waals surface area contributed by atoms with Crippen LogP contribution in [0.3, 0.4) is 0 Å². The molecule has 16 heavy (non-hydrogen) atoms. The Morgan fingerprint density at radius 1 is 1.25 bits per heavy atom. The van der Waals surface area contributed by atoms with Crippen LogP contribution >= 0.6 is 35.6 Å². The lowest BCUT2D eigenvalue weighted by Gasteiger charge is -2.06. The van der Waals surface area contributed by atoms with Crippen LogP contribution in [-0.4, -0.2) is 10.1 Å². The van der Waals surface area contributed by atoms with E-state index in [4.69, 9.17) is 28.9 Å². The molecular weight excluding hydrogens is 270 g/mol. The van der Waals surface area contributed by atoms with Crippen molar-refractivity contribution in [1.29, 1.82) is 0 Å². The van der Waals surface area contributed by atoms with Crippen LogP contribution in [0.5, 0.6) is 5.75 Å². The predicted molar refractivity (Wildman–Crippen MR) is 68.6 cm³/mol. The van der Waals surface area contributed by atoms with E-state index in [1.165, 1.54) is 6.07 Å².